The maximum atomic E-state index is 11.4. The molecule has 0 bridgehead atoms. The summed E-state index contributed by atoms with van der Waals surface area (Å²) in [6, 6.07) is 3.87. The lowest BCUT2D eigenvalue weighted by Crippen LogP contribution is -2.36. The molecule has 0 N–H and O–H groups in total. The molecule has 4 nitrogen and oxygen atoms in total. The van der Waals surface area contributed by atoms with Crippen LogP contribution in [0.4, 0.5) is 5.82 Å². The van der Waals surface area contributed by atoms with Crippen LogP contribution < -0.4 is 9.64 Å². The fourth-order valence-corrected chi connectivity index (χ4v) is 2.44. The van der Waals surface area contributed by atoms with E-state index >= 15 is 0 Å². The van der Waals surface area contributed by atoms with Gasteiger partial charge in [-0.15, -0.1) is 0 Å². The van der Waals surface area contributed by atoms with Crippen LogP contribution in [0.3, 0.4) is 0 Å². The molecule has 0 aromatic carbocycles. The number of hydrogen-bond donors (Lipinski definition) is 0. The second-order valence-electron chi connectivity index (χ2n) is 5.05. The number of aromatic nitrogens is 1. The number of rotatable bonds is 5. The van der Waals surface area contributed by atoms with Gasteiger partial charge in [-0.05, 0) is 38.3 Å². The smallest absolute Gasteiger partial charge is 0.171 e. The summed E-state index contributed by atoms with van der Waals surface area (Å²) in [5, 5.41) is 0. The fraction of sp³-hybridized carbons (Fsp3) is 0.600. The molecule has 0 radical (unpaired) electrons. The molecular formula is C15H22N2O2. The van der Waals surface area contributed by atoms with Gasteiger partial charge >= 0.3 is 0 Å². The molecule has 0 aliphatic carbocycles. The van der Waals surface area contributed by atoms with Gasteiger partial charge in [-0.3, -0.25) is 4.79 Å². The zero-order chi connectivity index (χ0) is 13.7. The zero-order valence-corrected chi connectivity index (χ0v) is 11.8. The first-order valence-corrected chi connectivity index (χ1v) is 7.05. The van der Waals surface area contributed by atoms with E-state index in [9.17, 15) is 4.79 Å². The van der Waals surface area contributed by atoms with Crippen molar-refractivity contribution in [1.29, 1.82) is 0 Å². The van der Waals surface area contributed by atoms with E-state index < -0.39 is 0 Å². The maximum Gasteiger partial charge on any atom is 0.171 e. The predicted molar refractivity (Wildman–Crippen MR) is 75.6 cm³/mol. The van der Waals surface area contributed by atoms with Crippen molar-refractivity contribution in [1.82, 2.24) is 4.98 Å². The standard InChI is InChI=1S/C15H22N2O2/c1-3-11-19-14-5-4-8-16-15(14)17-9-6-13(7-10-17)12(2)18/h4-5,8,13H,3,6-7,9-11H2,1-2H3. The number of nitrogens with zero attached hydrogens (tertiary/aromatic N) is 2. The van der Waals surface area contributed by atoms with Crippen LogP contribution in [0.15, 0.2) is 18.3 Å². The van der Waals surface area contributed by atoms with Gasteiger partial charge in [0.25, 0.3) is 0 Å². The van der Waals surface area contributed by atoms with Crippen molar-refractivity contribution in [2.45, 2.75) is 33.1 Å². The average Bonchev–Trinajstić information content (AvgIpc) is 2.45. The number of hydrogen-bond acceptors (Lipinski definition) is 4. The highest BCUT2D eigenvalue weighted by atomic mass is 16.5. The van der Waals surface area contributed by atoms with Crippen LogP contribution in [-0.4, -0.2) is 30.5 Å². The molecule has 0 spiro atoms. The first kappa shape index (κ1) is 13.8. The number of anilines is 1. The molecule has 1 fully saturated rings. The van der Waals surface area contributed by atoms with Crippen LogP contribution in [0, 0.1) is 5.92 Å². The van der Waals surface area contributed by atoms with Gasteiger partial charge in [0.1, 0.15) is 5.78 Å². The normalized spacial score (nSPS) is 16.4. The van der Waals surface area contributed by atoms with Crippen LogP contribution >= 0.6 is 0 Å². The van der Waals surface area contributed by atoms with E-state index in [0.717, 1.165) is 43.9 Å². The van der Waals surface area contributed by atoms with Crippen molar-refractivity contribution in [3.63, 3.8) is 0 Å². The monoisotopic (exact) mass is 262 g/mol. The minimum atomic E-state index is 0.222. The van der Waals surface area contributed by atoms with E-state index in [1.165, 1.54) is 0 Å². The summed E-state index contributed by atoms with van der Waals surface area (Å²) in [5.74, 6) is 2.30. The van der Waals surface area contributed by atoms with Crippen LogP contribution in [0.5, 0.6) is 5.75 Å². The molecule has 0 saturated carbocycles. The van der Waals surface area contributed by atoms with E-state index in [1.54, 1.807) is 13.1 Å². The van der Waals surface area contributed by atoms with Gasteiger partial charge in [0, 0.05) is 25.2 Å². The lowest BCUT2D eigenvalue weighted by atomic mass is 9.93. The number of pyridine rings is 1. The lowest BCUT2D eigenvalue weighted by Gasteiger charge is -2.32. The largest absolute Gasteiger partial charge is 0.490 e. The summed E-state index contributed by atoms with van der Waals surface area (Å²) >= 11 is 0. The Kier molecular flexibility index (Phi) is 4.77. The number of piperidine rings is 1. The first-order chi connectivity index (χ1) is 9.22. The Labute approximate surface area is 114 Å². The topological polar surface area (TPSA) is 42.4 Å². The Morgan fingerprint density at radius 1 is 1.47 bits per heavy atom. The first-order valence-electron chi connectivity index (χ1n) is 7.05. The Morgan fingerprint density at radius 2 is 2.21 bits per heavy atom. The quantitative estimate of drug-likeness (QED) is 0.818. The van der Waals surface area contributed by atoms with Gasteiger partial charge in [-0.25, -0.2) is 4.98 Å². The molecule has 1 saturated heterocycles. The Hall–Kier alpha value is -1.58. The third-order valence-electron chi connectivity index (χ3n) is 3.58. The Morgan fingerprint density at radius 3 is 2.84 bits per heavy atom. The molecule has 1 aromatic heterocycles. The van der Waals surface area contributed by atoms with Gasteiger partial charge in [-0.2, -0.15) is 0 Å². The zero-order valence-electron chi connectivity index (χ0n) is 11.8. The molecule has 4 heteroatoms. The van der Waals surface area contributed by atoms with Crippen molar-refractivity contribution in [2.75, 3.05) is 24.6 Å². The predicted octanol–water partition coefficient (Wildman–Crippen LogP) is 2.68. The number of carbonyl (C=O) groups is 1. The number of ketones is 1. The van der Waals surface area contributed by atoms with E-state index in [4.69, 9.17) is 4.74 Å². The Balaban J connectivity index is 2.04. The van der Waals surface area contributed by atoms with Crippen molar-refractivity contribution in [3.8, 4) is 5.75 Å². The van der Waals surface area contributed by atoms with Crippen LogP contribution in [-0.2, 0) is 4.79 Å². The summed E-state index contributed by atoms with van der Waals surface area (Å²) in [6.07, 6.45) is 4.62. The van der Waals surface area contributed by atoms with E-state index in [2.05, 4.69) is 16.8 Å². The van der Waals surface area contributed by atoms with Crippen molar-refractivity contribution in [2.24, 2.45) is 5.92 Å². The summed E-state index contributed by atoms with van der Waals surface area (Å²) in [6.45, 7) is 6.25. The van der Waals surface area contributed by atoms with Crippen LogP contribution in [0.25, 0.3) is 0 Å². The van der Waals surface area contributed by atoms with Crippen molar-refractivity contribution < 1.29 is 9.53 Å². The average molecular weight is 262 g/mol. The fourth-order valence-electron chi connectivity index (χ4n) is 2.44. The van der Waals surface area contributed by atoms with Gasteiger partial charge in [0.2, 0.25) is 0 Å². The molecule has 1 aliphatic heterocycles. The summed E-state index contributed by atoms with van der Waals surface area (Å²) in [5.41, 5.74) is 0. The van der Waals surface area contributed by atoms with Crippen molar-refractivity contribution >= 4 is 11.6 Å². The minimum absolute atomic E-state index is 0.222. The number of carbonyl (C=O) groups excluding carboxylic acids is 1. The van der Waals surface area contributed by atoms with Gasteiger partial charge in [0.05, 0.1) is 6.61 Å². The second kappa shape index (κ2) is 6.55. The SMILES string of the molecule is CCCOc1cccnc1N1CCC(C(C)=O)CC1. The molecule has 19 heavy (non-hydrogen) atoms. The molecule has 104 valence electrons. The minimum Gasteiger partial charge on any atom is -0.490 e. The highest BCUT2D eigenvalue weighted by Crippen LogP contribution is 2.29. The second-order valence-corrected chi connectivity index (χ2v) is 5.05. The molecular weight excluding hydrogens is 240 g/mol. The molecule has 0 unspecified atom stereocenters. The van der Waals surface area contributed by atoms with Crippen LogP contribution in [0.1, 0.15) is 33.1 Å². The molecule has 1 aromatic rings. The van der Waals surface area contributed by atoms with Gasteiger partial charge in [0.15, 0.2) is 11.6 Å². The van der Waals surface area contributed by atoms with Crippen LogP contribution in [0.2, 0.25) is 0 Å². The molecule has 0 amide bonds. The maximum absolute atomic E-state index is 11.4. The molecule has 0 atom stereocenters. The highest BCUT2D eigenvalue weighted by Gasteiger charge is 2.24. The molecule has 2 rings (SSSR count). The number of Topliss-reactive ketones (excluding diaryl/α,β-unsaturated/α-hetero) is 1. The van der Waals surface area contributed by atoms with E-state index in [1.807, 2.05) is 12.1 Å². The lowest BCUT2D eigenvalue weighted by molar-refractivity contribution is -0.121. The third-order valence-corrected chi connectivity index (χ3v) is 3.58. The summed E-state index contributed by atoms with van der Waals surface area (Å²) in [7, 11) is 0. The number of ether oxygens (including phenoxy) is 1. The third kappa shape index (κ3) is 3.46. The molecule has 2 heterocycles. The summed E-state index contributed by atoms with van der Waals surface area (Å²) in [4.78, 5) is 18.1. The Bertz CT molecular complexity index is 426. The van der Waals surface area contributed by atoms with Crippen molar-refractivity contribution in [3.05, 3.63) is 18.3 Å². The van der Waals surface area contributed by atoms with Gasteiger partial charge in [-0.1, -0.05) is 6.92 Å². The summed E-state index contributed by atoms with van der Waals surface area (Å²) < 4.78 is 5.74. The van der Waals surface area contributed by atoms with Gasteiger partial charge < -0.3 is 9.64 Å². The van der Waals surface area contributed by atoms with E-state index in [0.29, 0.717) is 12.4 Å². The highest BCUT2D eigenvalue weighted by molar-refractivity contribution is 5.78. The molecule has 1 aliphatic rings. The van der Waals surface area contributed by atoms with E-state index in [-0.39, 0.29) is 5.92 Å².